The molecule has 0 fully saturated rings. The van der Waals surface area contributed by atoms with Gasteiger partial charge in [0, 0.05) is 24.2 Å². The van der Waals surface area contributed by atoms with Gasteiger partial charge < -0.3 is 28.6 Å². The molecule has 1 aromatic rings. The number of hydrogen-bond acceptors (Lipinski definition) is 9. The van der Waals surface area contributed by atoms with Crippen molar-refractivity contribution in [3.63, 3.8) is 0 Å². The summed E-state index contributed by atoms with van der Waals surface area (Å²) >= 11 is 0. The Kier molecular flexibility index (Phi) is 23.3. The number of unbranched alkanes of at least 4 members (excludes halogenated alkanes) is 12. The van der Waals surface area contributed by atoms with E-state index >= 15 is 0 Å². The fourth-order valence-electron chi connectivity index (χ4n) is 4.66. The zero-order valence-electron chi connectivity index (χ0n) is 25.8. The van der Waals surface area contributed by atoms with Crippen molar-refractivity contribution >= 4 is 13.8 Å². The second-order valence-electron chi connectivity index (χ2n) is 10.5. The third kappa shape index (κ3) is 17.4. The molecule has 1 aliphatic heterocycles. The third-order valence-electron chi connectivity index (χ3n) is 6.92. The summed E-state index contributed by atoms with van der Waals surface area (Å²) in [6.07, 6.45) is 16.6. The first kappa shape index (κ1) is 42.0. The molecule has 0 spiro atoms. The summed E-state index contributed by atoms with van der Waals surface area (Å²) in [6, 6.07) is 0. The van der Waals surface area contributed by atoms with E-state index in [1.807, 2.05) is 0 Å². The number of phosphoric ester groups is 1. The Balaban J connectivity index is 0.00000840. The summed E-state index contributed by atoms with van der Waals surface area (Å²) in [5.41, 5.74) is -0.850. The summed E-state index contributed by atoms with van der Waals surface area (Å²) in [7, 11) is -4.83. The van der Waals surface area contributed by atoms with Crippen molar-refractivity contribution in [2.45, 2.75) is 129 Å². The van der Waals surface area contributed by atoms with Crippen LogP contribution in [0.1, 0.15) is 115 Å². The first-order valence-corrected chi connectivity index (χ1v) is 16.1. The van der Waals surface area contributed by atoms with E-state index in [0.717, 1.165) is 19.3 Å². The average Bonchev–Trinajstić information content (AvgIpc) is 3.36. The Labute approximate surface area is 293 Å². The standard InChI is InChI=1S/C28H47N2O9P.2Na/c1-3-4-5-6-7-8-9-10-11-12-13-14-15-16-23(19-26(31)32)39-40(35,36)37-21-24-17-18-25(38-24)30-20-22(2)27(33)29-28(30)34;;/h17-18,20,23-25H,3-16,19,21H2,1-2H3,(H,31,32)(H,35,36)(H,29,33,34);;/q;2*+1/p-2/t23?,24-,25+;;/m0../s1. The molecule has 2 heterocycles. The fraction of sp³-hybridized carbons (Fsp3) is 0.750. The normalized spacial score (nSPS) is 18.2. The van der Waals surface area contributed by atoms with Crippen LogP contribution >= 0.6 is 7.82 Å². The molecule has 0 saturated heterocycles. The molecule has 0 amide bonds. The van der Waals surface area contributed by atoms with E-state index in [9.17, 15) is 28.9 Å². The second-order valence-corrected chi connectivity index (χ2v) is 11.9. The van der Waals surface area contributed by atoms with Gasteiger partial charge in [0.2, 0.25) is 0 Å². The maximum atomic E-state index is 12.4. The van der Waals surface area contributed by atoms with Crippen molar-refractivity contribution < 1.29 is 92.3 Å². The van der Waals surface area contributed by atoms with Crippen molar-refractivity contribution in [1.82, 2.24) is 9.55 Å². The Hall–Kier alpha value is -0.0400. The van der Waals surface area contributed by atoms with Gasteiger partial charge in [-0.1, -0.05) is 96.5 Å². The molecule has 0 radical (unpaired) electrons. The van der Waals surface area contributed by atoms with Crippen LogP contribution in [-0.4, -0.2) is 34.3 Å². The maximum Gasteiger partial charge on any atom is 1.00 e. The predicted molar refractivity (Wildman–Crippen MR) is 147 cm³/mol. The maximum absolute atomic E-state index is 12.4. The summed E-state index contributed by atoms with van der Waals surface area (Å²) in [5, 5.41) is 11.1. The number of H-pyrrole nitrogens is 1. The van der Waals surface area contributed by atoms with Gasteiger partial charge in [0.25, 0.3) is 13.4 Å². The minimum absolute atomic E-state index is 0. The Morgan fingerprint density at radius 2 is 1.55 bits per heavy atom. The number of aryl methyl sites for hydroxylation is 1. The van der Waals surface area contributed by atoms with Crippen LogP contribution in [0.4, 0.5) is 0 Å². The molecule has 0 saturated carbocycles. The Morgan fingerprint density at radius 1 is 1.00 bits per heavy atom. The molecule has 2 unspecified atom stereocenters. The topological polar surface area (TPSA) is 163 Å². The summed E-state index contributed by atoms with van der Waals surface area (Å²) < 4.78 is 29.2. The van der Waals surface area contributed by atoms with E-state index in [0.29, 0.717) is 12.0 Å². The Morgan fingerprint density at radius 3 is 2.10 bits per heavy atom. The number of carboxylic acid groups (broad SMARTS) is 1. The molecule has 14 heteroatoms. The largest absolute Gasteiger partial charge is 1.00 e. The summed E-state index contributed by atoms with van der Waals surface area (Å²) in [5.74, 6) is -1.40. The number of rotatable bonds is 22. The predicted octanol–water partition coefficient (Wildman–Crippen LogP) is -2.20. The van der Waals surface area contributed by atoms with Gasteiger partial charge in [-0.25, -0.2) is 4.79 Å². The number of phosphoric acid groups is 1. The monoisotopic (exact) mass is 630 g/mol. The van der Waals surface area contributed by atoms with Gasteiger partial charge in [-0.05, 0) is 19.4 Å². The van der Waals surface area contributed by atoms with Gasteiger partial charge in [-0.15, -0.1) is 0 Å². The first-order chi connectivity index (χ1) is 19.1. The molecule has 1 aliphatic rings. The number of aliphatic carboxylic acids is 1. The number of nitrogens with zero attached hydrogens (tertiary/aromatic N) is 1. The average molecular weight is 631 g/mol. The molecule has 0 bridgehead atoms. The van der Waals surface area contributed by atoms with Crippen molar-refractivity contribution in [2.24, 2.45) is 0 Å². The van der Waals surface area contributed by atoms with Crippen LogP contribution in [-0.2, 0) is 23.1 Å². The van der Waals surface area contributed by atoms with Crippen molar-refractivity contribution in [2.75, 3.05) is 6.61 Å². The SMILES string of the molecule is CCCCCCCCCCCCCCCC(CC(=O)[O-])OP(=O)([O-])OC[C@@H]1C=C[C@H](n2cc(C)c(=O)[nH]c2=O)O1.[Na+].[Na+]. The van der Waals surface area contributed by atoms with Crippen molar-refractivity contribution in [3.05, 3.63) is 44.8 Å². The zero-order valence-corrected chi connectivity index (χ0v) is 30.7. The number of hydrogen-bond donors (Lipinski definition) is 1. The molecule has 1 N–H and O–H groups in total. The second kappa shape index (κ2) is 23.3. The van der Waals surface area contributed by atoms with E-state index in [1.165, 1.54) is 80.7 Å². The van der Waals surface area contributed by atoms with E-state index in [4.69, 9.17) is 13.8 Å². The zero-order chi connectivity index (χ0) is 29.4. The van der Waals surface area contributed by atoms with E-state index in [1.54, 1.807) is 6.92 Å². The van der Waals surface area contributed by atoms with E-state index in [2.05, 4.69) is 11.9 Å². The van der Waals surface area contributed by atoms with E-state index < -0.39 is 56.5 Å². The van der Waals surface area contributed by atoms with Crippen molar-refractivity contribution in [1.29, 1.82) is 0 Å². The minimum Gasteiger partial charge on any atom is -0.756 e. The van der Waals surface area contributed by atoms with Crippen LogP contribution < -0.4 is 80.4 Å². The molecule has 11 nitrogen and oxygen atoms in total. The molecule has 4 atom stereocenters. The summed E-state index contributed by atoms with van der Waals surface area (Å²) in [4.78, 5) is 49.3. The molecular formula is C28H45N2Na2O9P. The number of carbonyl (C=O) groups is 1. The summed E-state index contributed by atoms with van der Waals surface area (Å²) in [6.45, 7) is 3.35. The number of aromatic amines is 1. The first-order valence-electron chi connectivity index (χ1n) is 14.6. The minimum atomic E-state index is -4.83. The molecule has 0 aliphatic carbocycles. The van der Waals surface area contributed by atoms with Crippen LogP contribution in [0.15, 0.2) is 27.9 Å². The quantitative estimate of drug-likeness (QED) is 0.0649. The van der Waals surface area contributed by atoms with Gasteiger partial charge in [0.1, 0.15) is 6.10 Å². The Bertz CT molecular complexity index is 1100. The van der Waals surface area contributed by atoms with Crippen LogP contribution in [0, 0.1) is 6.92 Å². The number of carbonyl (C=O) groups excluding carboxylic acids is 1. The van der Waals surface area contributed by atoms with Gasteiger partial charge >= 0.3 is 64.8 Å². The van der Waals surface area contributed by atoms with Gasteiger partial charge in [-0.3, -0.25) is 18.9 Å². The number of aromatic nitrogens is 2. The molecule has 1 aromatic heterocycles. The van der Waals surface area contributed by atoms with Crippen LogP contribution in [0.5, 0.6) is 0 Å². The van der Waals surface area contributed by atoms with Crippen molar-refractivity contribution in [3.8, 4) is 0 Å². The van der Waals surface area contributed by atoms with E-state index in [-0.39, 0.29) is 65.5 Å². The van der Waals surface area contributed by atoms with Crippen LogP contribution in [0.3, 0.4) is 0 Å². The van der Waals surface area contributed by atoms with Crippen LogP contribution in [0.25, 0.3) is 0 Å². The van der Waals surface area contributed by atoms with Crippen LogP contribution in [0.2, 0.25) is 0 Å². The van der Waals surface area contributed by atoms with Gasteiger partial charge in [-0.2, -0.15) is 0 Å². The molecule has 228 valence electrons. The molecule has 2 rings (SSSR count). The fourth-order valence-corrected chi connectivity index (χ4v) is 5.60. The number of nitrogens with one attached hydrogen (secondary N) is 1. The van der Waals surface area contributed by atoms with Gasteiger partial charge in [0.05, 0.1) is 12.7 Å². The number of ether oxygens (including phenoxy) is 1. The van der Waals surface area contributed by atoms with Gasteiger partial charge in [0.15, 0.2) is 6.23 Å². The molecular weight excluding hydrogens is 585 g/mol. The third-order valence-corrected chi connectivity index (χ3v) is 7.95. The smallest absolute Gasteiger partial charge is 0.756 e. The number of carboxylic acids is 1. The molecule has 0 aromatic carbocycles. The molecule has 42 heavy (non-hydrogen) atoms.